The van der Waals surface area contributed by atoms with Crippen molar-refractivity contribution in [3.63, 3.8) is 0 Å². The number of ether oxygens (including phenoxy) is 2. The van der Waals surface area contributed by atoms with E-state index in [1.165, 1.54) is 23.8 Å². The summed E-state index contributed by atoms with van der Waals surface area (Å²) in [6.45, 7) is 5.38. The summed E-state index contributed by atoms with van der Waals surface area (Å²) in [6, 6.07) is 30.5. The van der Waals surface area contributed by atoms with Gasteiger partial charge in [0, 0.05) is 16.6 Å². The summed E-state index contributed by atoms with van der Waals surface area (Å²) >= 11 is 29.3. The first-order valence-electron chi connectivity index (χ1n) is 16.8. The molecule has 54 heavy (non-hydrogen) atoms. The number of benzene rings is 4. The van der Waals surface area contributed by atoms with Crippen LogP contribution in [-0.2, 0) is 25.7 Å². The molecule has 0 unspecified atom stereocenters. The van der Waals surface area contributed by atoms with Crippen LogP contribution in [0.4, 0.5) is 5.82 Å². The van der Waals surface area contributed by atoms with Gasteiger partial charge in [0.25, 0.3) is 0 Å². The zero-order valence-corrected chi connectivity index (χ0v) is 34.2. The average molecular weight is 850 g/mol. The van der Waals surface area contributed by atoms with Crippen molar-refractivity contribution in [2.75, 3.05) is 18.4 Å². The molecule has 0 radical (unpaired) electrons. The number of nitrogens with zero attached hydrogens (tertiary/aromatic N) is 4. The van der Waals surface area contributed by atoms with Gasteiger partial charge in [0.05, 0.1) is 16.4 Å². The van der Waals surface area contributed by atoms with E-state index >= 15 is 0 Å². The Morgan fingerprint density at radius 3 is 1.37 bits per heavy atom. The summed E-state index contributed by atoms with van der Waals surface area (Å²) in [5, 5.41) is 6.05. The predicted octanol–water partition coefficient (Wildman–Crippen LogP) is 12.2. The molecule has 0 spiro atoms. The van der Waals surface area contributed by atoms with Gasteiger partial charge in [-0.15, -0.1) is 12.4 Å². The Bertz CT molecular complexity index is 1990. The molecule has 0 saturated heterocycles. The van der Waals surface area contributed by atoms with Crippen LogP contribution < -0.4 is 20.5 Å². The maximum Gasteiger partial charge on any atom is 0.151 e. The zero-order chi connectivity index (χ0) is 38.0. The Labute approximate surface area is 347 Å². The lowest BCUT2D eigenvalue weighted by Gasteiger charge is -2.10. The summed E-state index contributed by atoms with van der Waals surface area (Å²) in [7, 11) is 0. The summed E-state index contributed by atoms with van der Waals surface area (Å²) in [6.07, 6.45) is 6.25. The van der Waals surface area contributed by atoms with Crippen LogP contribution in [0, 0.1) is 0 Å². The lowest BCUT2D eigenvalue weighted by atomic mass is 10.1. The Kier molecular flexibility index (Phi) is 19.6. The SMILES string of the molecule is CCc1ncnc(Cl)c1Cl.CCc1ncnc(NCCc2ccc(Oc3ccc(Cl)cc3)cc2)c1Cl.Cl.NCCc1ccc(Oc2ccc(Cl)cc2)cc1. The van der Waals surface area contributed by atoms with Crippen molar-refractivity contribution in [1.82, 2.24) is 19.9 Å². The lowest BCUT2D eigenvalue weighted by Crippen LogP contribution is -2.08. The average Bonchev–Trinajstić information content (AvgIpc) is 3.17. The van der Waals surface area contributed by atoms with E-state index in [9.17, 15) is 0 Å². The fraction of sp³-hybridized carbons (Fsp3) is 0.200. The molecule has 0 amide bonds. The molecule has 6 rings (SSSR count). The Morgan fingerprint density at radius 2 is 0.944 bits per heavy atom. The van der Waals surface area contributed by atoms with Gasteiger partial charge in [0.2, 0.25) is 0 Å². The van der Waals surface area contributed by atoms with Crippen LogP contribution in [0.3, 0.4) is 0 Å². The van der Waals surface area contributed by atoms with Crippen molar-refractivity contribution >= 4 is 76.2 Å². The van der Waals surface area contributed by atoms with E-state index in [-0.39, 0.29) is 12.4 Å². The highest BCUT2D eigenvalue weighted by molar-refractivity contribution is 6.41. The van der Waals surface area contributed by atoms with Crippen molar-refractivity contribution in [3.8, 4) is 23.0 Å². The molecule has 2 aromatic heterocycles. The molecule has 2 heterocycles. The first kappa shape index (κ1) is 44.5. The minimum absolute atomic E-state index is 0. The summed E-state index contributed by atoms with van der Waals surface area (Å²) in [5.41, 5.74) is 9.55. The zero-order valence-electron chi connectivity index (χ0n) is 29.6. The molecule has 0 aliphatic carbocycles. The molecule has 0 saturated carbocycles. The molecule has 0 bridgehead atoms. The van der Waals surface area contributed by atoms with Crippen LogP contribution in [0.5, 0.6) is 23.0 Å². The molecule has 0 atom stereocenters. The molecule has 0 aliphatic heterocycles. The topological polar surface area (TPSA) is 108 Å². The number of nitrogens with two attached hydrogens (primary N) is 1. The number of halogens is 6. The van der Waals surface area contributed by atoms with Gasteiger partial charge in [-0.25, -0.2) is 19.9 Å². The second-order valence-corrected chi connectivity index (χ2v) is 13.2. The maximum atomic E-state index is 6.29. The molecular weight excluding hydrogens is 809 g/mol. The fourth-order valence-electron chi connectivity index (χ4n) is 4.62. The first-order chi connectivity index (χ1) is 25.7. The standard InChI is InChI=1S/C20H19Cl2N3O.C14H14ClNO.C6H6Cl2N2.ClH/c1-2-18-19(22)20(25-13-24-18)23-12-11-14-3-7-16(8-4-14)26-17-9-5-15(21)6-10-17;15-12-3-7-14(8-4-12)17-13-5-1-11(2-6-13)9-10-16;1-2-4-5(7)6(8)10-3-9-4;/h3-10,13H,2,11-12H2,1H3,(H,23,24,25);1-8H,9-10,16H2;3H,2H2,1H3;1H. The number of anilines is 1. The van der Waals surface area contributed by atoms with E-state index in [2.05, 4.69) is 25.3 Å². The molecule has 8 nitrogen and oxygen atoms in total. The van der Waals surface area contributed by atoms with Crippen LogP contribution in [0.1, 0.15) is 36.4 Å². The Hall–Kier alpha value is -3.86. The summed E-state index contributed by atoms with van der Waals surface area (Å²) in [4.78, 5) is 16.0. The highest BCUT2D eigenvalue weighted by Crippen LogP contribution is 2.26. The van der Waals surface area contributed by atoms with Crippen LogP contribution in [-0.4, -0.2) is 33.0 Å². The smallest absolute Gasteiger partial charge is 0.151 e. The van der Waals surface area contributed by atoms with Gasteiger partial charge in [0.15, 0.2) is 5.15 Å². The van der Waals surface area contributed by atoms with Crippen molar-refractivity contribution in [1.29, 1.82) is 0 Å². The highest BCUT2D eigenvalue weighted by Gasteiger charge is 2.07. The van der Waals surface area contributed by atoms with Gasteiger partial charge >= 0.3 is 0 Å². The molecule has 4 aromatic carbocycles. The van der Waals surface area contributed by atoms with Gasteiger partial charge in [-0.3, -0.25) is 0 Å². The predicted molar refractivity (Wildman–Crippen MR) is 226 cm³/mol. The van der Waals surface area contributed by atoms with Gasteiger partial charge in [-0.05, 0) is 116 Å². The number of rotatable bonds is 12. The van der Waals surface area contributed by atoms with E-state index in [1.807, 2.05) is 86.6 Å². The summed E-state index contributed by atoms with van der Waals surface area (Å²) < 4.78 is 11.5. The van der Waals surface area contributed by atoms with Crippen LogP contribution >= 0.6 is 70.4 Å². The lowest BCUT2D eigenvalue weighted by molar-refractivity contribution is 0.482. The molecular formula is C40H40Cl6N6O2. The number of hydrogen-bond acceptors (Lipinski definition) is 8. The van der Waals surface area contributed by atoms with Crippen LogP contribution in [0.15, 0.2) is 110 Å². The molecule has 6 aromatic rings. The molecule has 284 valence electrons. The van der Waals surface area contributed by atoms with E-state index in [0.29, 0.717) is 37.6 Å². The van der Waals surface area contributed by atoms with Crippen molar-refractivity contribution in [2.24, 2.45) is 5.73 Å². The van der Waals surface area contributed by atoms with E-state index in [0.717, 1.165) is 66.6 Å². The van der Waals surface area contributed by atoms with Gasteiger partial charge < -0.3 is 20.5 Å². The second-order valence-electron chi connectivity index (χ2n) is 11.2. The number of nitrogens with one attached hydrogen (secondary N) is 1. The van der Waals surface area contributed by atoms with E-state index < -0.39 is 0 Å². The number of hydrogen-bond donors (Lipinski definition) is 2. The van der Waals surface area contributed by atoms with Gasteiger partial charge in [-0.2, -0.15) is 0 Å². The van der Waals surface area contributed by atoms with Gasteiger partial charge in [-0.1, -0.05) is 96.1 Å². The third-order valence-corrected chi connectivity index (χ3v) is 9.12. The Morgan fingerprint density at radius 1 is 0.537 bits per heavy atom. The van der Waals surface area contributed by atoms with Crippen LogP contribution in [0.25, 0.3) is 0 Å². The van der Waals surface area contributed by atoms with Gasteiger partial charge in [0.1, 0.15) is 46.5 Å². The number of aryl methyl sites for hydroxylation is 2. The highest BCUT2D eigenvalue weighted by atomic mass is 35.5. The molecule has 0 fully saturated rings. The second kappa shape index (κ2) is 23.8. The van der Waals surface area contributed by atoms with Crippen molar-refractivity contribution in [3.05, 3.63) is 157 Å². The third-order valence-electron chi connectivity index (χ3n) is 7.44. The molecule has 14 heteroatoms. The van der Waals surface area contributed by atoms with Crippen molar-refractivity contribution < 1.29 is 9.47 Å². The molecule has 3 N–H and O–H groups in total. The maximum absolute atomic E-state index is 6.29. The Balaban J connectivity index is 0.000000240. The minimum atomic E-state index is 0. The van der Waals surface area contributed by atoms with Crippen LogP contribution in [0.2, 0.25) is 25.2 Å². The third kappa shape index (κ3) is 14.8. The largest absolute Gasteiger partial charge is 0.457 e. The quantitative estimate of drug-likeness (QED) is 0.117. The molecule has 0 aliphatic rings. The monoisotopic (exact) mass is 846 g/mol. The fourth-order valence-corrected chi connectivity index (χ4v) is 5.56. The van der Waals surface area contributed by atoms with E-state index in [1.54, 1.807) is 24.3 Å². The first-order valence-corrected chi connectivity index (χ1v) is 18.7. The number of aromatic nitrogens is 4. The normalized spacial score (nSPS) is 10.1. The van der Waals surface area contributed by atoms with Crippen molar-refractivity contribution in [2.45, 2.75) is 39.5 Å². The van der Waals surface area contributed by atoms with E-state index in [4.69, 9.17) is 73.2 Å². The minimum Gasteiger partial charge on any atom is -0.457 e. The summed E-state index contributed by atoms with van der Waals surface area (Å²) in [5.74, 6) is 3.82.